The zero-order valence-corrected chi connectivity index (χ0v) is 33.0. The molecule has 0 unspecified atom stereocenters. The first-order chi connectivity index (χ1) is 30.7. The van der Waals surface area contributed by atoms with Crippen molar-refractivity contribution >= 4 is 21.8 Å². The number of aromatic nitrogens is 3. The van der Waals surface area contributed by atoms with Crippen LogP contribution in [0.1, 0.15) is 22.3 Å². The van der Waals surface area contributed by atoms with Gasteiger partial charge in [0.15, 0.2) is 5.82 Å². The third-order valence-electron chi connectivity index (χ3n) is 10.9. The molecule has 0 saturated heterocycles. The second-order valence-electron chi connectivity index (χ2n) is 15.1. The van der Waals surface area contributed by atoms with E-state index in [-0.39, 0.29) is 66.8 Å². The Hall–Kier alpha value is -7.42. The Labute approximate surface area is 360 Å². The highest BCUT2D eigenvalue weighted by Gasteiger charge is 2.36. The van der Waals surface area contributed by atoms with Gasteiger partial charge < -0.3 is 4.57 Å². The molecule has 7 aromatic carbocycles. The third-order valence-corrected chi connectivity index (χ3v) is 10.9. The number of hydrogen-bond donors (Lipinski definition) is 0. The van der Waals surface area contributed by atoms with Gasteiger partial charge in [-0.25, -0.2) is 9.97 Å². The standard InChI is InChI=1S/C50H27F12N3/c51-47(52,53)33-15-7-13-30(21-33)37-23-32(42-27-41(28-9-3-1-4-10-28)63-46(64-42)29-11-5-2-6-12-29)24-38(31-14-8-16-34(22-31)48(54,55)56)45(37)65-43-19-17-35(49(57,58)59)25-39(43)40-26-36(50(60,61)62)18-20-44(40)65/h1-27H. The summed E-state index contributed by atoms with van der Waals surface area (Å²) < 4.78 is 174. The number of rotatable bonds is 6. The van der Waals surface area contributed by atoms with Crippen LogP contribution in [0.25, 0.3) is 83.6 Å². The maximum Gasteiger partial charge on any atom is 0.416 e. The van der Waals surface area contributed by atoms with Gasteiger partial charge in [0.2, 0.25) is 0 Å². The lowest BCUT2D eigenvalue weighted by Crippen LogP contribution is -2.07. The van der Waals surface area contributed by atoms with Crippen molar-refractivity contribution in [1.82, 2.24) is 14.5 Å². The Bertz CT molecular complexity index is 3050. The molecule has 0 fully saturated rings. The van der Waals surface area contributed by atoms with Crippen molar-refractivity contribution in [3.05, 3.63) is 186 Å². The predicted molar refractivity (Wildman–Crippen MR) is 224 cm³/mol. The van der Waals surface area contributed by atoms with E-state index in [1.54, 1.807) is 66.7 Å². The smallest absolute Gasteiger partial charge is 0.308 e. The van der Waals surface area contributed by atoms with Crippen LogP contribution in [0.5, 0.6) is 0 Å². The van der Waals surface area contributed by atoms with E-state index in [4.69, 9.17) is 9.97 Å². The zero-order valence-electron chi connectivity index (χ0n) is 33.0. The summed E-state index contributed by atoms with van der Waals surface area (Å²) in [4.78, 5) is 9.64. The molecule has 0 aliphatic carbocycles. The minimum atomic E-state index is -4.95. The molecule has 3 nitrogen and oxygen atoms in total. The Balaban J connectivity index is 1.47. The summed E-state index contributed by atoms with van der Waals surface area (Å²) in [5.41, 5.74) is -3.51. The average Bonchev–Trinajstić information content (AvgIpc) is 3.61. The zero-order chi connectivity index (χ0) is 46.1. The second-order valence-corrected chi connectivity index (χ2v) is 15.1. The second kappa shape index (κ2) is 15.7. The van der Waals surface area contributed by atoms with E-state index in [1.807, 2.05) is 0 Å². The Morgan fingerprint density at radius 3 is 1.14 bits per heavy atom. The molecular formula is C50H27F12N3. The topological polar surface area (TPSA) is 30.7 Å². The molecule has 0 aliphatic heterocycles. The van der Waals surface area contributed by atoms with Crippen molar-refractivity contribution in [2.75, 3.05) is 0 Å². The number of hydrogen-bond acceptors (Lipinski definition) is 2. The van der Waals surface area contributed by atoms with Crippen LogP contribution < -0.4 is 0 Å². The Kier molecular flexibility index (Phi) is 10.3. The van der Waals surface area contributed by atoms with Gasteiger partial charge in [-0.15, -0.1) is 0 Å². The van der Waals surface area contributed by atoms with Crippen molar-refractivity contribution in [3.8, 4) is 61.8 Å². The van der Waals surface area contributed by atoms with E-state index in [0.717, 1.165) is 48.5 Å². The highest BCUT2D eigenvalue weighted by molar-refractivity contribution is 6.11. The average molecular weight is 898 g/mol. The van der Waals surface area contributed by atoms with E-state index < -0.39 is 47.0 Å². The van der Waals surface area contributed by atoms with Crippen LogP contribution in [0.4, 0.5) is 52.7 Å². The monoisotopic (exact) mass is 897 g/mol. The number of fused-ring (bicyclic) bond motifs is 3. The number of benzene rings is 7. The lowest BCUT2D eigenvalue weighted by molar-refractivity contribution is -0.138. The molecule has 326 valence electrons. The van der Waals surface area contributed by atoms with Crippen LogP contribution in [0.15, 0.2) is 164 Å². The molecule has 65 heavy (non-hydrogen) atoms. The molecule has 0 atom stereocenters. The molecule has 0 saturated carbocycles. The highest BCUT2D eigenvalue weighted by atomic mass is 19.4. The summed E-state index contributed by atoms with van der Waals surface area (Å²) in [5.74, 6) is 0.218. The van der Waals surface area contributed by atoms with Gasteiger partial charge in [0.1, 0.15) is 0 Å². The lowest BCUT2D eigenvalue weighted by atomic mass is 9.90. The summed E-state index contributed by atoms with van der Waals surface area (Å²) in [6.45, 7) is 0. The van der Waals surface area contributed by atoms with Gasteiger partial charge in [0.25, 0.3) is 0 Å². The molecule has 15 heteroatoms. The maximum atomic E-state index is 14.5. The van der Waals surface area contributed by atoms with Gasteiger partial charge in [-0.3, -0.25) is 0 Å². The van der Waals surface area contributed by atoms with Crippen LogP contribution in [-0.4, -0.2) is 14.5 Å². The van der Waals surface area contributed by atoms with Crippen molar-refractivity contribution in [1.29, 1.82) is 0 Å². The SMILES string of the molecule is FC(F)(F)c1cccc(-c2cc(-c3cc(-c4ccccc4)nc(-c4ccccc4)n3)cc(-c3cccc(C(F)(F)F)c3)c2-n2c3ccc(C(F)(F)F)cc3c3cc(C(F)(F)F)ccc32)c1. The molecule has 9 aromatic rings. The van der Waals surface area contributed by atoms with Crippen LogP contribution in [0, 0.1) is 0 Å². The Morgan fingerprint density at radius 2 is 0.708 bits per heavy atom. The van der Waals surface area contributed by atoms with Crippen molar-refractivity contribution in [2.24, 2.45) is 0 Å². The van der Waals surface area contributed by atoms with Gasteiger partial charge in [-0.05, 0) is 90.0 Å². The van der Waals surface area contributed by atoms with E-state index in [1.165, 1.54) is 28.8 Å². The molecular weight excluding hydrogens is 871 g/mol. The molecule has 0 N–H and O–H groups in total. The quantitative estimate of drug-likeness (QED) is 0.156. The minimum absolute atomic E-state index is 0.0826. The number of halogens is 12. The van der Waals surface area contributed by atoms with Crippen molar-refractivity contribution in [3.63, 3.8) is 0 Å². The first kappa shape index (κ1) is 42.9. The Morgan fingerprint density at radius 1 is 0.323 bits per heavy atom. The molecule has 0 amide bonds. The molecule has 2 aromatic heterocycles. The fourth-order valence-corrected chi connectivity index (χ4v) is 7.87. The van der Waals surface area contributed by atoms with Crippen LogP contribution in [-0.2, 0) is 24.7 Å². The van der Waals surface area contributed by atoms with Crippen LogP contribution in [0.3, 0.4) is 0 Å². The van der Waals surface area contributed by atoms with Gasteiger partial charge in [-0.2, -0.15) is 52.7 Å². The minimum Gasteiger partial charge on any atom is -0.308 e. The van der Waals surface area contributed by atoms with Crippen LogP contribution in [0.2, 0.25) is 0 Å². The number of nitrogens with zero attached hydrogens (tertiary/aromatic N) is 3. The summed E-state index contributed by atoms with van der Waals surface area (Å²) in [7, 11) is 0. The molecule has 0 spiro atoms. The highest BCUT2D eigenvalue weighted by Crippen LogP contribution is 2.47. The normalized spacial score (nSPS) is 12.6. The largest absolute Gasteiger partial charge is 0.416 e. The molecule has 0 radical (unpaired) electrons. The van der Waals surface area contributed by atoms with E-state index >= 15 is 0 Å². The fourth-order valence-electron chi connectivity index (χ4n) is 7.87. The van der Waals surface area contributed by atoms with E-state index in [9.17, 15) is 52.7 Å². The first-order valence-electron chi connectivity index (χ1n) is 19.5. The maximum absolute atomic E-state index is 14.5. The number of alkyl halides is 12. The summed E-state index contributed by atoms with van der Waals surface area (Å²) in [6, 6.07) is 35.0. The van der Waals surface area contributed by atoms with Gasteiger partial charge in [-0.1, -0.05) is 84.9 Å². The van der Waals surface area contributed by atoms with Gasteiger partial charge in [0, 0.05) is 38.6 Å². The van der Waals surface area contributed by atoms with E-state index in [0.29, 0.717) is 41.1 Å². The molecule has 2 heterocycles. The molecule has 0 bridgehead atoms. The lowest BCUT2D eigenvalue weighted by Gasteiger charge is -2.22. The van der Waals surface area contributed by atoms with E-state index in [2.05, 4.69) is 0 Å². The fraction of sp³-hybridized carbons (Fsp3) is 0.0800. The van der Waals surface area contributed by atoms with Crippen molar-refractivity contribution < 1.29 is 52.7 Å². The van der Waals surface area contributed by atoms with Crippen molar-refractivity contribution in [2.45, 2.75) is 24.7 Å². The van der Waals surface area contributed by atoms with Gasteiger partial charge in [0.05, 0.1) is 50.4 Å². The summed E-state index contributed by atoms with van der Waals surface area (Å²) in [6.07, 6.45) is -19.7. The molecule has 9 rings (SSSR count). The predicted octanol–water partition coefficient (Wildman–Crippen LogP) is 16.0. The molecule has 0 aliphatic rings. The third kappa shape index (κ3) is 8.29. The summed E-state index contributed by atoms with van der Waals surface area (Å²) >= 11 is 0. The first-order valence-corrected chi connectivity index (χ1v) is 19.5. The van der Waals surface area contributed by atoms with Gasteiger partial charge >= 0.3 is 24.7 Å². The van der Waals surface area contributed by atoms with Crippen LogP contribution >= 0.6 is 0 Å². The summed E-state index contributed by atoms with van der Waals surface area (Å²) in [5, 5.41) is -0.628.